The molecule has 0 aromatic carbocycles. The number of nitrogens with one attached hydrogen (secondary N) is 1. The summed E-state index contributed by atoms with van der Waals surface area (Å²) < 4.78 is 6.37. The second-order valence-electron chi connectivity index (χ2n) is 15.0. The summed E-state index contributed by atoms with van der Waals surface area (Å²) in [5, 5.41) is 14.8. The molecule has 2 saturated heterocycles. The lowest BCUT2D eigenvalue weighted by Gasteiger charge is -2.63. The lowest BCUT2D eigenvalue weighted by Crippen LogP contribution is -2.64. The average Bonchev–Trinajstić information content (AvgIpc) is 3.65. The highest BCUT2D eigenvalue weighted by atomic mass is 16.6. The number of hydrogen-bond acceptors (Lipinski definition) is 6. The molecule has 2 amide bonds. The van der Waals surface area contributed by atoms with Crippen molar-refractivity contribution in [2.75, 3.05) is 19.6 Å². The van der Waals surface area contributed by atoms with Crippen molar-refractivity contribution in [3.63, 3.8) is 0 Å². The van der Waals surface area contributed by atoms with Gasteiger partial charge in [0.15, 0.2) is 0 Å². The Morgan fingerprint density at radius 2 is 1.77 bits per heavy atom. The van der Waals surface area contributed by atoms with Gasteiger partial charge >= 0.3 is 6.09 Å². The number of rotatable bonds is 3. The van der Waals surface area contributed by atoms with Gasteiger partial charge < -0.3 is 14.7 Å². The van der Waals surface area contributed by atoms with Crippen molar-refractivity contribution in [3.05, 3.63) is 0 Å². The minimum Gasteiger partial charge on any atom is -0.445 e. The van der Waals surface area contributed by atoms with Crippen LogP contribution in [-0.4, -0.2) is 59.6 Å². The molecule has 6 aliphatic rings. The third-order valence-corrected chi connectivity index (χ3v) is 13.5. The summed E-state index contributed by atoms with van der Waals surface area (Å²) in [5.41, 5.74) is -1.22. The van der Waals surface area contributed by atoms with Crippen molar-refractivity contribution < 1.29 is 24.2 Å². The number of imide groups is 1. The maximum atomic E-state index is 13.7. The Kier molecular flexibility index (Phi) is 6.97. The first kappa shape index (κ1) is 27.7. The number of amides is 2. The summed E-state index contributed by atoms with van der Waals surface area (Å²) in [6, 6.07) is 0. The number of Topliss-reactive ketones (excluding diaryl/α,β-unsaturated/α-hetero) is 1. The molecule has 0 aromatic heterocycles. The van der Waals surface area contributed by atoms with E-state index in [0.717, 1.165) is 51.6 Å². The molecule has 2 N–H and O–H groups in total. The zero-order valence-corrected chi connectivity index (χ0v) is 24.5. The maximum Gasteiger partial charge on any atom is 0.414 e. The Morgan fingerprint density at radius 3 is 2.44 bits per heavy atom. The predicted molar refractivity (Wildman–Crippen MR) is 148 cm³/mol. The summed E-state index contributed by atoms with van der Waals surface area (Å²) in [6.07, 6.45) is 8.75. The molecule has 7 nitrogen and oxygen atoms in total. The second-order valence-corrected chi connectivity index (χ2v) is 15.0. The molecule has 2 aliphatic heterocycles. The van der Waals surface area contributed by atoms with E-state index in [1.807, 2.05) is 0 Å². The summed E-state index contributed by atoms with van der Waals surface area (Å²) in [4.78, 5) is 42.6. The molecule has 4 aliphatic carbocycles. The normalized spacial score (nSPS) is 49.7. The van der Waals surface area contributed by atoms with Gasteiger partial charge in [0.25, 0.3) is 0 Å². The number of aliphatic hydroxyl groups excluding tert-OH is 1. The third-order valence-electron chi connectivity index (χ3n) is 13.5. The number of nitrogens with zero attached hydrogens (tertiary/aromatic N) is 1. The van der Waals surface area contributed by atoms with Crippen LogP contribution in [0.4, 0.5) is 4.79 Å². The highest BCUT2D eigenvalue weighted by Crippen LogP contribution is 2.68. The van der Waals surface area contributed by atoms with Crippen molar-refractivity contribution in [1.82, 2.24) is 10.2 Å². The standard InChI is InChI=1S/C32H50N2O5/c1-19-10-13-32-14-11-24(35)26(32)31(19,4)25(16-30(3,27(36)20(32)2)22-8-6-5-7-9-22)39-29(38)33-28(37)23-18-34-15-12-21(23)17-34/h19-23,25-27,36H,5-18H2,1-4H3,(H,33,37,38)/t19-,20+,21-,23+,25-,26?,27+,30+,31+,32?/m1/s1. The largest absolute Gasteiger partial charge is 0.445 e. The molecule has 39 heavy (non-hydrogen) atoms. The van der Waals surface area contributed by atoms with Crippen LogP contribution in [-0.2, 0) is 14.3 Å². The molecule has 4 saturated carbocycles. The van der Waals surface area contributed by atoms with Crippen LogP contribution in [0.25, 0.3) is 0 Å². The van der Waals surface area contributed by atoms with Crippen LogP contribution < -0.4 is 5.32 Å². The Balaban J connectivity index is 1.34. The quantitative estimate of drug-likeness (QED) is 0.524. The first-order valence-electron chi connectivity index (χ1n) is 16.0. The van der Waals surface area contributed by atoms with Gasteiger partial charge in [-0.1, -0.05) is 47.0 Å². The fourth-order valence-electron chi connectivity index (χ4n) is 10.9. The minimum absolute atomic E-state index is 0.0110. The van der Waals surface area contributed by atoms with E-state index >= 15 is 0 Å². The molecule has 0 aromatic rings. The molecule has 218 valence electrons. The van der Waals surface area contributed by atoms with E-state index in [0.29, 0.717) is 31.2 Å². The van der Waals surface area contributed by atoms with E-state index in [1.165, 1.54) is 19.3 Å². The van der Waals surface area contributed by atoms with Gasteiger partial charge in [0.2, 0.25) is 5.91 Å². The number of ketones is 1. The zero-order valence-electron chi connectivity index (χ0n) is 24.5. The van der Waals surface area contributed by atoms with Gasteiger partial charge in [-0.3, -0.25) is 14.9 Å². The molecule has 6 rings (SSSR count). The van der Waals surface area contributed by atoms with Crippen molar-refractivity contribution in [1.29, 1.82) is 0 Å². The number of hydrogen-bond donors (Lipinski definition) is 2. The van der Waals surface area contributed by atoms with Crippen molar-refractivity contribution in [3.8, 4) is 0 Å². The van der Waals surface area contributed by atoms with Gasteiger partial charge in [-0.05, 0) is 80.6 Å². The van der Waals surface area contributed by atoms with Gasteiger partial charge in [-0.15, -0.1) is 0 Å². The summed E-state index contributed by atoms with van der Waals surface area (Å²) in [7, 11) is 0. The van der Waals surface area contributed by atoms with E-state index in [9.17, 15) is 19.5 Å². The molecular weight excluding hydrogens is 492 g/mol. The zero-order chi connectivity index (χ0) is 27.7. The van der Waals surface area contributed by atoms with Crippen LogP contribution in [0.15, 0.2) is 0 Å². The predicted octanol–water partition coefficient (Wildman–Crippen LogP) is 4.95. The summed E-state index contributed by atoms with van der Waals surface area (Å²) in [5.74, 6) is 0.526. The number of carbonyl (C=O) groups excluding carboxylic acids is 3. The van der Waals surface area contributed by atoms with Gasteiger partial charge in [-0.2, -0.15) is 0 Å². The Morgan fingerprint density at radius 1 is 1.03 bits per heavy atom. The van der Waals surface area contributed by atoms with Crippen molar-refractivity contribution in [2.45, 2.75) is 111 Å². The van der Waals surface area contributed by atoms with E-state index in [1.54, 1.807) is 0 Å². The van der Waals surface area contributed by atoms with E-state index in [2.05, 4.69) is 37.9 Å². The fourth-order valence-corrected chi connectivity index (χ4v) is 10.9. The topological polar surface area (TPSA) is 95.9 Å². The van der Waals surface area contributed by atoms with Gasteiger partial charge in [0.05, 0.1) is 12.0 Å². The van der Waals surface area contributed by atoms with Crippen molar-refractivity contribution >= 4 is 17.8 Å². The smallest absolute Gasteiger partial charge is 0.414 e. The van der Waals surface area contributed by atoms with Gasteiger partial charge in [-0.25, -0.2) is 4.79 Å². The molecule has 0 spiro atoms. The van der Waals surface area contributed by atoms with Crippen LogP contribution >= 0.6 is 0 Å². The average molecular weight is 543 g/mol. The Bertz CT molecular complexity index is 1010. The van der Waals surface area contributed by atoms with E-state index in [-0.39, 0.29) is 40.8 Å². The first-order valence-corrected chi connectivity index (χ1v) is 16.0. The lowest BCUT2D eigenvalue weighted by molar-refractivity contribution is -0.208. The molecule has 11 atom stereocenters. The Hall–Kier alpha value is -1.47. The van der Waals surface area contributed by atoms with Gasteiger partial charge in [0, 0.05) is 36.3 Å². The molecule has 0 radical (unpaired) electrons. The lowest BCUT2D eigenvalue weighted by atomic mass is 9.42. The van der Waals surface area contributed by atoms with E-state index < -0.39 is 29.1 Å². The van der Waals surface area contributed by atoms with Crippen LogP contribution in [0.1, 0.15) is 98.3 Å². The third kappa shape index (κ3) is 4.14. The summed E-state index contributed by atoms with van der Waals surface area (Å²) in [6.45, 7) is 11.5. The van der Waals surface area contributed by atoms with Crippen LogP contribution in [0, 0.1) is 51.8 Å². The van der Waals surface area contributed by atoms with Crippen molar-refractivity contribution in [2.24, 2.45) is 51.8 Å². The highest BCUT2D eigenvalue weighted by molar-refractivity contribution is 5.93. The molecule has 2 heterocycles. The molecule has 3 unspecified atom stereocenters. The van der Waals surface area contributed by atoms with Gasteiger partial charge in [0.1, 0.15) is 11.9 Å². The van der Waals surface area contributed by atoms with E-state index in [4.69, 9.17) is 4.74 Å². The van der Waals surface area contributed by atoms with Crippen LogP contribution in [0.3, 0.4) is 0 Å². The highest BCUT2D eigenvalue weighted by Gasteiger charge is 2.69. The molecule has 4 bridgehead atoms. The Labute approximate surface area is 234 Å². The minimum atomic E-state index is -0.674. The molecule has 7 heteroatoms. The maximum absolute atomic E-state index is 13.7. The number of carbonyl (C=O) groups is 3. The van der Waals surface area contributed by atoms with Crippen LogP contribution in [0.2, 0.25) is 0 Å². The SMILES string of the molecule is C[C@@H]1CCC23CCC(=O)C2[C@]1(C)[C@H](OC(=O)NC(=O)[C@H]1CN2CC[C@@H]1C2)C[C@@](C)(C1CCCCC1)[C@@H](O)[C@@H]3C. The molecular formula is C32H50N2O5. The van der Waals surface area contributed by atoms with Crippen LogP contribution in [0.5, 0.6) is 0 Å². The number of piperidine rings is 1. The summed E-state index contributed by atoms with van der Waals surface area (Å²) >= 11 is 0. The number of aliphatic hydroxyl groups is 1. The number of ether oxygens (including phenoxy) is 1. The second kappa shape index (κ2) is 9.82. The molecule has 6 fully saturated rings. The first-order chi connectivity index (χ1) is 18.5. The number of alkyl carbamates (subject to hydrolysis) is 1. The fraction of sp³-hybridized carbons (Fsp3) is 0.906. The monoisotopic (exact) mass is 542 g/mol. The number of fused-ring (bicyclic) bond motifs is 2.